The summed E-state index contributed by atoms with van der Waals surface area (Å²) in [5.41, 5.74) is 0.843. The van der Waals surface area contributed by atoms with Gasteiger partial charge in [0.2, 0.25) is 0 Å². The van der Waals surface area contributed by atoms with Crippen molar-refractivity contribution < 1.29 is 9.84 Å². The van der Waals surface area contributed by atoms with Crippen LogP contribution in [0.2, 0.25) is 0 Å². The van der Waals surface area contributed by atoms with Crippen LogP contribution in [0.1, 0.15) is 5.56 Å². The first-order valence-corrected chi connectivity index (χ1v) is 5.42. The fourth-order valence-corrected chi connectivity index (χ4v) is 2.81. The molecule has 0 atom stereocenters. The van der Waals surface area contributed by atoms with E-state index >= 15 is 0 Å². The molecule has 0 aliphatic rings. The maximum Gasteiger partial charge on any atom is 0.125 e. The average molecular weight is 226 g/mol. The molecule has 0 spiro atoms. The first-order chi connectivity index (χ1) is 6.76. The summed E-state index contributed by atoms with van der Waals surface area (Å²) >= 11 is 5.85. The Morgan fingerprint density at radius 2 is 2.29 bits per heavy atom. The molecule has 0 amide bonds. The van der Waals surface area contributed by atoms with E-state index in [-0.39, 0.29) is 6.61 Å². The van der Waals surface area contributed by atoms with E-state index in [1.165, 1.54) is 0 Å². The van der Waals surface area contributed by atoms with Gasteiger partial charge in [-0.15, -0.1) is 24.0 Å². The molecule has 2 nitrogen and oxygen atoms in total. The molecule has 0 radical (unpaired) electrons. The minimum absolute atomic E-state index is 0.00571. The lowest BCUT2D eigenvalue weighted by molar-refractivity contribution is 0.276. The summed E-state index contributed by atoms with van der Waals surface area (Å²) in [6.45, 7) is -0.00571. The van der Waals surface area contributed by atoms with Crippen LogP contribution in [0.15, 0.2) is 22.4 Å². The Bertz CT molecular complexity index is 462. The summed E-state index contributed by atoms with van der Waals surface area (Å²) in [4.78, 5) is 0. The monoisotopic (exact) mass is 226 g/mol. The van der Waals surface area contributed by atoms with Crippen LogP contribution in [0.3, 0.4) is 0 Å². The van der Waals surface area contributed by atoms with Gasteiger partial charge in [0.1, 0.15) is 5.75 Å². The highest BCUT2D eigenvalue weighted by Gasteiger charge is 2.09. The van der Waals surface area contributed by atoms with Gasteiger partial charge < -0.3 is 9.84 Å². The zero-order valence-electron chi connectivity index (χ0n) is 7.65. The zero-order chi connectivity index (χ0) is 10.1. The van der Waals surface area contributed by atoms with Gasteiger partial charge in [0.05, 0.1) is 17.9 Å². The largest absolute Gasteiger partial charge is 0.496 e. The van der Waals surface area contributed by atoms with Crippen molar-refractivity contribution in [2.45, 2.75) is 10.8 Å². The number of thiol groups is 1. The zero-order valence-corrected chi connectivity index (χ0v) is 9.36. The van der Waals surface area contributed by atoms with Crippen LogP contribution in [-0.4, -0.2) is 12.2 Å². The topological polar surface area (TPSA) is 29.5 Å². The van der Waals surface area contributed by atoms with E-state index in [0.717, 1.165) is 25.6 Å². The molecular weight excluding hydrogens is 216 g/mol. The number of aliphatic hydroxyl groups excluding tert-OH is 1. The van der Waals surface area contributed by atoms with Crippen LogP contribution < -0.4 is 4.74 Å². The van der Waals surface area contributed by atoms with E-state index in [1.54, 1.807) is 18.4 Å². The van der Waals surface area contributed by atoms with Crippen molar-refractivity contribution in [1.82, 2.24) is 0 Å². The lowest BCUT2D eigenvalue weighted by atomic mass is 10.1. The van der Waals surface area contributed by atoms with E-state index in [0.29, 0.717) is 0 Å². The van der Waals surface area contributed by atoms with Crippen LogP contribution in [0.5, 0.6) is 5.75 Å². The number of aliphatic hydroxyl groups is 1. The van der Waals surface area contributed by atoms with Crippen LogP contribution in [0, 0.1) is 0 Å². The highest BCUT2D eigenvalue weighted by Crippen LogP contribution is 2.35. The first kappa shape index (κ1) is 9.83. The predicted molar refractivity (Wildman–Crippen MR) is 61.6 cm³/mol. The van der Waals surface area contributed by atoms with E-state index < -0.39 is 0 Å². The lowest BCUT2D eigenvalue weighted by Gasteiger charge is -2.06. The Kier molecular flexibility index (Phi) is 2.67. The molecule has 1 N–H and O–H groups in total. The maximum absolute atomic E-state index is 9.26. The van der Waals surface area contributed by atoms with Gasteiger partial charge in [0.15, 0.2) is 0 Å². The number of rotatable bonds is 2. The van der Waals surface area contributed by atoms with Crippen molar-refractivity contribution in [3.05, 3.63) is 23.8 Å². The minimum atomic E-state index is -0.00571. The fourth-order valence-electron chi connectivity index (χ4n) is 1.47. The van der Waals surface area contributed by atoms with Crippen molar-refractivity contribution in [2.75, 3.05) is 7.11 Å². The third-order valence-corrected chi connectivity index (χ3v) is 3.53. The summed E-state index contributed by atoms with van der Waals surface area (Å²) in [6, 6.07) is 5.83. The van der Waals surface area contributed by atoms with Gasteiger partial charge in [-0.1, -0.05) is 0 Å². The summed E-state index contributed by atoms with van der Waals surface area (Å²) in [5.74, 6) is 0.732. The van der Waals surface area contributed by atoms with E-state index in [9.17, 15) is 5.11 Å². The first-order valence-electron chi connectivity index (χ1n) is 4.15. The fraction of sp³-hybridized carbons (Fsp3) is 0.200. The second-order valence-electron chi connectivity index (χ2n) is 2.91. The van der Waals surface area contributed by atoms with Gasteiger partial charge in [-0.2, -0.15) is 0 Å². The highest BCUT2D eigenvalue weighted by atomic mass is 32.2. The third-order valence-electron chi connectivity index (χ3n) is 2.11. The number of benzene rings is 1. The average Bonchev–Trinajstić information content (AvgIpc) is 2.56. The minimum Gasteiger partial charge on any atom is -0.496 e. The predicted octanol–water partition coefficient (Wildman–Crippen LogP) is 2.69. The molecule has 0 fully saturated rings. The van der Waals surface area contributed by atoms with Crippen molar-refractivity contribution in [2.24, 2.45) is 0 Å². The van der Waals surface area contributed by atoms with Crippen LogP contribution in [-0.2, 0) is 6.61 Å². The Morgan fingerprint density at radius 1 is 1.50 bits per heavy atom. The molecule has 0 saturated heterocycles. The lowest BCUT2D eigenvalue weighted by Crippen LogP contribution is -1.91. The molecule has 1 heterocycles. The molecule has 14 heavy (non-hydrogen) atoms. The summed E-state index contributed by atoms with van der Waals surface area (Å²) in [7, 11) is 1.61. The van der Waals surface area contributed by atoms with Gasteiger partial charge in [0.25, 0.3) is 0 Å². The molecule has 0 aliphatic carbocycles. The highest BCUT2D eigenvalue weighted by molar-refractivity contribution is 7.83. The third kappa shape index (κ3) is 1.49. The summed E-state index contributed by atoms with van der Waals surface area (Å²) in [5, 5.41) is 10.4. The van der Waals surface area contributed by atoms with Crippen molar-refractivity contribution in [3.8, 4) is 5.75 Å². The van der Waals surface area contributed by atoms with Crippen molar-refractivity contribution in [3.63, 3.8) is 0 Å². The number of thiophene rings is 1. The standard InChI is InChI=1S/C10H10O2S2/c1-12-8-3-2-6-4-9(13)14-10(6)7(8)5-11/h2-4,11,13H,5H2,1H3. The molecule has 4 heteroatoms. The maximum atomic E-state index is 9.26. The van der Waals surface area contributed by atoms with E-state index in [2.05, 4.69) is 12.6 Å². The van der Waals surface area contributed by atoms with E-state index in [1.807, 2.05) is 18.2 Å². The van der Waals surface area contributed by atoms with Gasteiger partial charge in [-0.25, -0.2) is 0 Å². The Hall–Kier alpha value is -0.710. The molecule has 0 saturated carbocycles. The normalized spacial score (nSPS) is 10.8. The molecule has 0 aliphatic heterocycles. The number of hydrogen-bond donors (Lipinski definition) is 2. The molecule has 0 unspecified atom stereocenters. The Balaban J connectivity index is 2.75. The van der Waals surface area contributed by atoms with Gasteiger partial charge >= 0.3 is 0 Å². The molecule has 74 valence electrons. The molecule has 0 bridgehead atoms. The van der Waals surface area contributed by atoms with Gasteiger partial charge in [-0.3, -0.25) is 0 Å². The second kappa shape index (κ2) is 3.81. The molecule has 2 rings (SSSR count). The summed E-state index contributed by atoms with van der Waals surface area (Å²) < 4.78 is 7.18. The smallest absolute Gasteiger partial charge is 0.125 e. The van der Waals surface area contributed by atoms with Crippen molar-refractivity contribution >= 4 is 34.1 Å². The van der Waals surface area contributed by atoms with Crippen LogP contribution >= 0.6 is 24.0 Å². The quantitative estimate of drug-likeness (QED) is 0.771. The van der Waals surface area contributed by atoms with Gasteiger partial charge in [-0.05, 0) is 23.6 Å². The number of methoxy groups -OCH3 is 1. The van der Waals surface area contributed by atoms with Gasteiger partial charge in [0, 0.05) is 10.3 Å². The van der Waals surface area contributed by atoms with Crippen molar-refractivity contribution in [1.29, 1.82) is 0 Å². The number of hydrogen-bond acceptors (Lipinski definition) is 4. The Morgan fingerprint density at radius 3 is 2.93 bits per heavy atom. The van der Waals surface area contributed by atoms with E-state index in [4.69, 9.17) is 4.74 Å². The molecule has 1 aromatic carbocycles. The molecule has 2 aromatic rings. The van der Waals surface area contributed by atoms with Crippen LogP contribution in [0.4, 0.5) is 0 Å². The Labute approximate surface area is 91.5 Å². The number of fused-ring (bicyclic) bond motifs is 1. The summed E-state index contributed by atoms with van der Waals surface area (Å²) in [6.07, 6.45) is 0. The SMILES string of the molecule is COc1ccc2cc(S)sc2c1CO. The molecular formula is C10H10O2S2. The number of ether oxygens (including phenoxy) is 1. The van der Waals surface area contributed by atoms with Crippen LogP contribution in [0.25, 0.3) is 10.1 Å². The second-order valence-corrected chi connectivity index (χ2v) is 4.74. The molecule has 1 aromatic heterocycles.